The van der Waals surface area contributed by atoms with Crippen molar-refractivity contribution < 1.29 is 18.7 Å². The number of ether oxygens (including phenoxy) is 2. The van der Waals surface area contributed by atoms with Gasteiger partial charge in [-0.1, -0.05) is 31.0 Å². The summed E-state index contributed by atoms with van der Waals surface area (Å²) in [5.74, 6) is -0.581. The van der Waals surface area contributed by atoms with Crippen molar-refractivity contribution in [2.24, 2.45) is 0 Å². The van der Waals surface area contributed by atoms with Gasteiger partial charge in [-0.05, 0) is 92.9 Å². The smallest absolute Gasteiger partial charge is 0.251 e. The number of halogens is 1. The monoisotopic (exact) mass is 480 g/mol. The Morgan fingerprint density at radius 1 is 1.03 bits per heavy atom. The number of hydrogen-bond donors (Lipinski definition) is 1. The van der Waals surface area contributed by atoms with Gasteiger partial charge in [-0.2, -0.15) is 0 Å². The van der Waals surface area contributed by atoms with E-state index in [1.807, 2.05) is 0 Å². The molecule has 0 radical (unpaired) electrons. The minimum Gasteiger partial charge on any atom is -0.488 e. The molecule has 2 saturated heterocycles. The Labute approximate surface area is 208 Å². The van der Waals surface area contributed by atoms with Crippen LogP contribution >= 0.6 is 0 Å². The first kappa shape index (κ1) is 24.3. The summed E-state index contributed by atoms with van der Waals surface area (Å²) in [4.78, 5) is 15.4. The minimum absolute atomic E-state index is 0.0250. The van der Waals surface area contributed by atoms with Crippen LogP contribution < -0.4 is 10.1 Å². The quantitative estimate of drug-likeness (QED) is 0.603. The molecule has 1 amide bonds. The van der Waals surface area contributed by atoms with E-state index in [4.69, 9.17) is 9.47 Å². The first-order valence-corrected chi connectivity index (χ1v) is 13.3. The van der Waals surface area contributed by atoms with Gasteiger partial charge in [-0.15, -0.1) is 0 Å². The van der Waals surface area contributed by atoms with Gasteiger partial charge in [0.1, 0.15) is 6.61 Å². The second-order valence-corrected chi connectivity index (χ2v) is 10.3. The van der Waals surface area contributed by atoms with Gasteiger partial charge in [0.05, 0.1) is 6.10 Å². The van der Waals surface area contributed by atoms with Gasteiger partial charge in [0.2, 0.25) is 0 Å². The summed E-state index contributed by atoms with van der Waals surface area (Å²) in [7, 11) is 0. The average Bonchev–Trinajstić information content (AvgIpc) is 3.26. The molecule has 0 bridgehead atoms. The molecular weight excluding hydrogens is 443 g/mol. The van der Waals surface area contributed by atoms with Crippen LogP contribution in [0, 0.1) is 5.82 Å². The van der Waals surface area contributed by atoms with Crippen LogP contribution in [0.5, 0.6) is 5.75 Å². The Balaban J connectivity index is 1.14. The molecule has 2 heterocycles. The Hall–Kier alpha value is -2.44. The summed E-state index contributed by atoms with van der Waals surface area (Å²) in [5.41, 5.74) is 4.43. The van der Waals surface area contributed by atoms with E-state index in [1.54, 1.807) is 12.1 Å². The van der Waals surface area contributed by atoms with Crippen LogP contribution in [0.4, 0.5) is 4.39 Å². The maximum atomic E-state index is 14.5. The van der Waals surface area contributed by atoms with Crippen LogP contribution in [-0.4, -0.2) is 49.3 Å². The van der Waals surface area contributed by atoms with Crippen molar-refractivity contribution in [1.29, 1.82) is 0 Å². The number of amides is 1. The molecule has 2 aliphatic heterocycles. The van der Waals surface area contributed by atoms with Crippen molar-refractivity contribution in [1.82, 2.24) is 10.2 Å². The van der Waals surface area contributed by atoms with E-state index in [0.717, 1.165) is 45.3 Å². The van der Waals surface area contributed by atoms with Gasteiger partial charge in [0.25, 0.3) is 5.91 Å². The van der Waals surface area contributed by atoms with Crippen molar-refractivity contribution >= 4 is 5.91 Å². The molecule has 0 aromatic heterocycles. The van der Waals surface area contributed by atoms with Gasteiger partial charge >= 0.3 is 0 Å². The van der Waals surface area contributed by atoms with Crippen LogP contribution in [0.15, 0.2) is 36.4 Å². The number of carbonyl (C=O) groups is 1. The number of nitrogens with one attached hydrogen (secondary N) is 1. The van der Waals surface area contributed by atoms with Crippen LogP contribution in [0.1, 0.15) is 72.0 Å². The van der Waals surface area contributed by atoms with E-state index in [0.29, 0.717) is 12.2 Å². The summed E-state index contributed by atoms with van der Waals surface area (Å²) in [6.07, 6.45) is 9.97. The van der Waals surface area contributed by atoms with E-state index >= 15 is 0 Å². The third-order valence-corrected chi connectivity index (χ3v) is 7.58. The van der Waals surface area contributed by atoms with E-state index in [1.165, 1.54) is 61.5 Å². The van der Waals surface area contributed by atoms with Gasteiger partial charge in [0, 0.05) is 24.8 Å². The highest BCUT2D eigenvalue weighted by Gasteiger charge is 2.23. The topological polar surface area (TPSA) is 50.8 Å². The van der Waals surface area contributed by atoms with Crippen LogP contribution in [0.25, 0.3) is 0 Å². The highest BCUT2D eigenvalue weighted by Crippen LogP contribution is 2.25. The molecule has 2 unspecified atom stereocenters. The molecule has 2 aromatic rings. The molecule has 5 rings (SSSR count). The number of rotatable bonds is 7. The summed E-state index contributed by atoms with van der Waals surface area (Å²) in [6.45, 7) is 4.51. The zero-order chi connectivity index (χ0) is 24.0. The maximum absolute atomic E-state index is 14.5. The Morgan fingerprint density at radius 2 is 1.89 bits per heavy atom. The average molecular weight is 481 g/mol. The lowest BCUT2D eigenvalue weighted by Gasteiger charge is -2.27. The summed E-state index contributed by atoms with van der Waals surface area (Å²) in [5, 5.41) is 3.11. The molecule has 1 N–H and O–H groups in total. The van der Waals surface area contributed by atoms with Gasteiger partial charge in [-0.3, -0.25) is 9.69 Å². The molecular formula is C29H37FN2O3. The summed E-state index contributed by atoms with van der Waals surface area (Å²) >= 11 is 0. The van der Waals surface area contributed by atoms with Crippen molar-refractivity contribution in [3.05, 3.63) is 64.5 Å². The molecule has 2 fully saturated rings. The SMILES string of the molecule is O=C(NC1CCc2cc(CN3CCCCCC3)ccc2C1)c1ccc(OCC2CCCO2)c(F)c1. The molecule has 35 heavy (non-hydrogen) atoms. The van der Waals surface area contributed by atoms with Crippen LogP contribution in [0.2, 0.25) is 0 Å². The summed E-state index contributed by atoms with van der Waals surface area (Å²) < 4.78 is 25.6. The van der Waals surface area contributed by atoms with E-state index < -0.39 is 5.82 Å². The van der Waals surface area contributed by atoms with Gasteiger partial charge in [-0.25, -0.2) is 4.39 Å². The molecule has 0 spiro atoms. The first-order chi connectivity index (χ1) is 17.1. The van der Waals surface area contributed by atoms with Crippen molar-refractivity contribution in [3.63, 3.8) is 0 Å². The normalized spacial score (nSPS) is 22.9. The molecule has 3 aliphatic rings. The predicted octanol–water partition coefficient (Wildman–Crippen LogP) is 5.05. The molecule has 0 saturated carbocycles. The lowest BCUT2D eigenvalue weighted by Crippen LogP contribution is -2.39. The molecule has 6 heteroatoms. The van der Waals surface area contributed by atoms with Crippen molar-refractivity contribution in [2.75, 3.05) is 26.3 Å². The van der Waals surface area contributed by atoms with Crippen molar-refractivity contribution in [2.45, 2.75) is 76.5 Å². The molecule has 2 aromatic carbocycles. The van der Waals surface area contributed by atoms with Crippen LogP contribution in [-0.2, 0) is 24.1 Å². The highest BCUT2D eigenvalue weighted by molar-refractivity contribution is 5.94. The van der Waals surface area contributed by atoms with E-state index in [-0.39, 0.29) is 23.8 Å². The fraction of sp³-hybridized carbons (Fsp3) is 0.552. The molecule has 2 atom stereocenters. The number of carbonyl (C=O) groups excluding carboxylic acids is 1. The first-order valence-electron chi connectivity index (χ1n) is 13.3. The molecule has 5 nitrogen and oxygen atoms in total. The second-order valence-electron chi connectivity index (χ2n) is 10.3. The molecule has 1 aliphatic carbocycles. The number of likely N-dealkylation sites (tertiary alicyclic amines) is 1. The summed E-state index contributed by atoms with van der Waals surface area (Å²) in [6, 6.07) is 11.4. The van der Waals surface area contributed by atoms with E-state index in [2.05, 4.69) is 28.4 Å². The Kier molecular flexibility index (Phi) is 7.99. The maximum Gasteiger partial charge on any atom is 0.251 e. The van der Waals surface area contributed by atoms with Gasteiger partial charge < -0.3 is 14.8 Å². The van der Waals surface area contributed by atoms with Crippen molar-refractivity contribution in [3.8, 4) is 5.75 Å². The molecule has 188 valence electrons. The number of hydrogen-bond acceptors (Lipinski definition) is 4. The Bertz CT molecular complexity index is 1010. The number of benzene rings is 2. The predicted molar refractivity (Wildman–Crippen MR) is 134 cm³/mol. The standard InChI is InChI=1S/C29H37FN2O3/c30-27-18-24(10-12-28(27)35-20-26-6-5-15-34-26)29(33)31-25-11-9-22-16-21(7-8-23(22)17-25)19-32-13-3-1-2-4-14-32/h7-8,10,12,16,18,25-26H,1-6,9,11,13-15,17,19-20H2,(H,31,33). The fourth-order valence-corrected chi connectivity index (χ4v) is 5.57. The minimum atomic E-state index is -0.512. The second kappa shape index (κ2) is 11.5. The zero-order valence-corrected chi connectivity index (χ0v) is 20.6. The third-order valence-electron chi connectivity index (χ3n) is 7.58. The number of fused-ring (bicyclic) bond motifs is 1. The van der Waals surface area contributed by atoms with E-state index in [9.17, 15) is 9.18 Å². The third kappa shape index (κ3) is 6.42. The number of aryl methyl sites for hydroxylation is 1. The lowest BCUT2D eigenvalue weighted by molar-refractivity contribution is 0.0665. The van der Waals surface area contributed by atoms with Crippen LogP contribution in [0.3, 0.4) is 0 Å². The highest BCUT2D eigenvalue weighted by atomic mass is 19.1. The number of nitrogens with zero attached hydrogens (tertiary/aromatic N) is 1. The Morgan fingerprint density at radius 3 is 2.66 bits per heavy atom. The lowest BCUT2D eigenvalue weighted by atomic mass is 9.87. The zero-order valence-electron chi connectivity index (χ0n) is 20.6. The largest absolute Gasteiger partial charge is 0.488 e. The van der Waals surface area contributed by atoms with Gasteiger partial charge in [0.15, 0.2) is 11.6 Å². The fourth-order valence-electron chi connectivity index (χ4n) is 5.57.